The summed E-state index contributed by atoms with van der Waals surface area (Å²) in [6, 6.07) is 6.82. The molecule has 0 aromatic heterocycles. The highest BCUT2D eigenvalue weighted by Crippen LogP contribution is 2.22. The summed E-state index contributed by atoms with van der Waals surface area (Å²) in [6.07, 6.45) is 3.82. The molecular weight excluding hydrogens is 190 g/mol. The van der Waals surface area contributed by atoms with Gasteiger partial charge in [-0.05, 0) is 37.1 Å². The number of carbonyl (C=O) groups excluding carboxylic acids is 1. The van der Waals surface area contributed by atoms with Crippen LogP contribution in [0.2, 0.25) is 0 Å². The van der Waals surface area contributed by atoms with E-state index in [1.807, 2.05) is 4.90 Å². The molecule has 1 aliphatic heterocycles. The van der Waals surface area contributed by atoms with Gasteiger partial charge in [0.05, 0.1) is 0 Å². The molecule has 0 atom stereocenters. The fourth-order valence-corrected chi connectivity index (χ4v) is 1.89. The molecule has 1 N–H and O–H groups in total. The SMILES string of the molecule is O=C1CCCCCN1c1ccc(O)cc1. The molecule has 1 aromatic rings. The highest BCUT2D eigenvalue weighted by atomic mass is 16.3. The van der Waals surface area contributed by atoms with Crippen molar-refractivity contribution in [1.82, 2.24) is 0 Å². The van der Waals surface area contributed by atoms with Gasteiger partial charge in [0.2, 0.25) is 5.91 Å². The normalized spacial score (nSPS) is 17.6. The average molecular weight is 205 g/mol. The zero-order valence-electron chi connectivity index (χ0n) is 8.65. The lowest BCUT2D eigenvalue weighted by Gasteiger charge is -2.20. The topological polar surface area (TPSA) is 40.5 Å². The van der Waals surface area contributed by atoms with E-state index in [0.717, 1.165) is 31.5 Å². The van der Waals surface area contributed by atoms with Gasteiger partial charge in [0.25, 0.3) is 0 Å². The van der Waals surface area contributed by atoms with Gasteiger partial charge in [-0.2, -0.15) is 0 Å². The first-order valence-electron chi connectivity index (χ1n) is 5.37. The van der Waals surface area contributed by atoms with Crippen molar-refractivity contribution in [3.8, 4) is 5.75 Å². The third kappa shape index (κ3) is 2.29. The van der Waals surface area contributed by atoms with E-state index in [0.29, 0.717) is 6.42 Å². The molecule has 1 saturated heterocycles. The summed E-state index contributed by atoms with van der Waals surface area (Å²) in [7, 11) is 0. The summed E-state index contributed by atoms with van der Waals surface area (Å²) in [5.41, 5.74) is 0.889. The monoisotopic (exact) mass is 205 g/mol. The highest BCUT2D eigenvalue weighted by molar-refractivity contribution is 5.93. The average Bonchev–Trinajstić information content (AvgIpc) is 2.44. The third-order valence-corrected chi connectivity index (χ3v) is 2.73. The first-order chi connectivity index (χ1) is 7.27. The molecule has 0 saturated carbocycles. The molecule has 3 heteroatoms. The summed E-state index contributed by atoms with van der Waals surface area (Å²) in [4.78, 5) is 13.6. The molecule has 1 heterocycles. The van der Waals surface area contributed by atoms with Crippen LogP contribution in [0.5, 0.6) is 5.75 Å². The zero-order chi connectivity index (χ0) is 10.7. The van der Waals surface area contributed by atoms with Gasteiger partial charge >= 0.3 is 0 Å². The Morgan fingerprint density at radius 1 is 1.07 bits per heavy atom. The number of rotatable bonds is 1. The minimum atomic E-state index is 0.193. The van der Waals surface area contributed by atoms with Crippen LogP contribution < -0.4 is 4.90 Å². The van der Waals surface area contributed by atoms with E-state index in [-0.39, 0.29) is 11.7 Å². The molecule has 3 nitrogen and oxygen atoms in total. The lowest BCUT2D eigenvalue weighted by Crippen LogP contribution is -2.29. The van der Waals surface area contributed by atoms with E-state index in [2.05, 4.69) is 0 Å². The van der Waals surface area contributed by atoms with Gasteiger partial charge in [-0.25, -0.2) is 0 Å². The summed E-state index contributed by atoms with van der Waals surface area (Å²) < 4.78 is 0. The van der Waals surface area contributed by atoms with Crippen molar-refractivity contribution in [2.45, 2.75) is 25.7 Å². The van der Waals surface area contributed by atoms with Crippen molar-refractivity contribution in [3.05, 3.63) is 24.3 Å². The number of hydrogen-bond donors (Lipinski definition) is 1. The Balaban J connectivity index is 2.20. The molecule has 0 unspecified atom stereocenters. The molecule has 1 aromatic carbocycles. The summed E-state index contributed by atoms with van der Waals surface area (Å²) >= 11 is 0. The summed E-state index contributed by atoms with van der Waals surface area (Å²) in [6.45, 7) is 0.795. The Morgan fingerprint density at radius 3 is 2.53 bits per heavy atom. The number of amides is 1. The van der Waals surface area contributed by atoms with Gasteiger partial charge in [0.1, 0.15) is 5.75 Å². The molecular formula is C12H15NO2. The molecule has 80 valence electrons. The van der Waals surface area contributed by atoms with E-state index in [1.165, 1.54) is 0 Å². The van der Waals surface area contributed by atoms with Gasteiger partial charge in [-0.15, -0.1) is 0 Å². The van der Waals surface area contributed by atoms with Crippen molar-refractivity contribution in [3.63, 3.8) is 0 Å². The van der Waals surface area contributed by atoms with Gasteiger partial charge in [-0.1, -0.05) is 6.42 Å². The van der Waals surface area contributed by atoms with Crippen molar-refractivity contribution in [2.75, 3.05) is 11.4 Å². The Bertz CT molecular complexity index is 345. The van der Waals surface area contributed by atoms with E-state index < -0.39 is 0 Å². The molecule has 2 rings (SSSR count). The number of hydrogen-bond acceptors (Lipinski definition) is 2. The van der Waals surface area contributed by atoms with Gasteiger partial charge in [0.15, 0.2) is 0 Å². The summed E-state index contributed by atoms with van der Waals surface area (Å²) in [5.74, 6) is 0.430. The van der Waals surface area contributed by atoms with E-state index in [4.69, 9.17) is 0 Å². The van der Waals surface area contributed by atoms with Crippen LogP contribution in [-0.4, -0.2) is 17.6 Å². The molecule has 1 amide bonds. The van der Waals surface area contributed by atoms with Crippen molar-refractivity contribution >= 4 is 11.6 Å². The van der Waals surface area contributed by atoms with Crippen LogP contribution in [0.25, 0.3) is 0 Å². The summed E-state index contributed by atoms with van der Waals surface area (Å²) in [5, 5.41) is 9.17. The van der Waals surface area contributed by atoms with E-state index >= 15 is 0 Å². The number of benzene rings is 1. The predicted molar refractivity (Wildman–Crippen MR) is 58.9 cm³/mol. The highest BCUT2D eigenvalue weighted by Gasteiger charge is 2.17. The van der Waals surface area contributed by atoms with Crippen LogP contribution in [0.1, 0.15) is 25.7 Å². The maximum atomic E-state index is 11.8. The molecule has 0 radical (unpaired) electrons. The Hall–Kier alpha value is -1.51. The zero-order valence-corrected chi connectivity index (χ0v) is 8.65. The van der Waals surface area contributed by atoms with Crippen LogP contribution in [-0.2, 0) is 4.79 Å². The molecule has 0 aliphatic carbocycles. The fourth-order valence-electron chi connectivity index (χ4n) is 1.89. The number of nitrogens with zero attached hydrogens (tertiary/aromatic N) is 1. The lowest BCUT2D eigenvalue weighted by atomic mass is 10.2. The second kappa shape index (κ2) is 4.34. The van der Waals surface area contributed by atoms with Crippen LogP contribution in [0.3, 0.4) is 0 Å². The smallest absolute Gasteiger partial charge is 0.226 e. The van der Waals surface area contributed by atoms with Gasteiger partial charge < -0.3 is 10.0 Å². The van der Waals surface area contributed by atoms with Crippen molar-refractivity contribution < 1.29 is 9.90 Å². The lowest BCUT2D eigenvalue weighted by molar-refractivity contribution is -0.118. The Kier molecular flexibility index (Phi) is 2.90. The fraction of sp³-hybridized carbons (Fsp3) is 0.417. The van der Waals surface area contributed by atoms with E-state index in [1.54, 1.807) is 24.3 Å². The quantitative estimate of drug-likeness (QED) is 0.764. The van der Waals surface area contributed by atoms with Crippen LogP contribution in [0.15, 0.2) is 24.3 Å². The van der Waals surface area contributed by atoms with Crippen LogP contribution in [0, 0.1) is 0 Å². The molecule has 1 aliphatic rings. The Morgan fingerprint density at radius 2 is 1.80 bits per heavy atom. The molecule has 1 fully saturated rings. The first-order valence-corrected chi connectivity index (χ1v) is 5.37. The number of aromatic hydroxyl groups is 1. The minimum Gasteiger partial charge on any atom is -0.508 e. The number of phenolic OH excluding ortho intramolecular Hbond substituents is 1. The van der Waals surface area contributed by atoms with Crippen LogP contribution >= 0.6 is 0 Å². The third-order valence-electron chi connectivity index (χ3n) is 2.73. The Labute approximate surface area is 89.3 Å². The second-order valence-electron chi connectivity index (χ2n) is 3.87. The molecule has 0 spiro atoms. The number of carbonyl (C=O) groups is 1. The minimum absolute atomic E-state index is 0.193. The van der Waals surface area contributed by atoms with Crippen LogP contribution in [0.4, 0.5) is 5.69 Å². The maximum Gasteiger partial charge on any atom is 0.226 e. The van der Waals surface area contributed by atoms with Crippen molar-refractivity contribution in [2.24, 2.45) is 0 Å². The molecule has 15 heavy (non-hydrogen) atoms. The second-order valence-corrected chi connectivity index (χ2v) is 3.87. The molecule has 0 bridgehead atoms. The standard InChI is InChI=1S/C12H15NO2/c14-11-7-5-10(6-8-11)13-9-3-1-2-4-12(13)15/h5-8,14H,1-4,9H2. The van der Waals surface area contributed by atoms with Gasteiger partial charge in [0, 0.05) is 18.7 Å². The first kappa shape index (κ1) is 10.0. The van der Waals surface area contributed by atoms with Crippen molar-refractivity contribution in [1.29, 1.82) is 0 Å². The van der Waals surface area contributed by atoms with E-state index in [9.17, 15) is 9.90 Å². The van der Waals surface area contributed by atoms with Gasteiger partial charge in [-0.3, -0.25) is 4.79 Å². The predicted octanol–water partition coefficient (Wildman–Crippen LogP) is 2.30. The number of anilines is 1. The maximum absolute atomic E-state index is 11.8. The largest absolute Gasteiger partial charge is 0.508 e. The number of phenols is 1.